The third-order valence-electron chi connectivity index (χ3n) is 4.08. The number of nitrogens with one attached hydrogen (secondary N) is 2. The molecule has 0 fully saturated rings. The van der Waals surface area contributed by atoms with E-state index in [-0.39, 0.29) is 12.5 Å². The minimum absolute atomic E-state index is 0.0864. The second-order valence-corrected chi connectivity index (χ2v) is 8.44. The van der Waals surface area contributed by atoms with E-state index in [2.05, 4.69) is 23.9 Å². The van der Waals surface area contributed by atoms with Gasteiger partial charge < -0.3 is 5.32 Å². The highest BCUT2D eigenvalue weighted by atomic mass is 32.2. The summed E-state index contributed by atoms with van der Waals surface area (Å²) in [4.78, 5) is 11.2. The Morgan fingerprint density at radius 2 is 1.77 bits per heavy atom. The summed E-state index contributed by atoms with van der Waals surface area (Å²) in [6, 6.07) is 13.4. The molecule has 0 aliphatic heterocycles. The van der Waals surface area contributed by atoms with E-state index in [9.17, 15) is 9.18 Å². The predicted molar refractivity (Wildman–Crippen MR) is 110 cm³/mol. The minimum Gasteiger partial charge on any atom is -0.326 e. The summed E-state index contributed by atoms with van der Waals surface area (Å²) in [6.45, 7) is 9.46. The van der Waals surface area contributed by atoms with Gasteiger partial charge in [-0.15, -0.1) is 0 Å². The van der Waals surface area contributed by atoms with Crippen LogP contribution in [0.15, 0.2) is 42.5 Å². The molecule has 0 heterocycles. The van der Waals surface area contributed by atoms with Gasteiger partial charge in [0, 0.05) is 24.4 Å². The Morgan fingerprint density at radius 3 is 2.31 bits per heavy atom. The van der Waals surface area contributed by atoms with Crippen molar-refractivity contribution in [1.82, 2.24) is 4.72 Å². The van der Waals surface area contributed by atoms with E-state index >= 15 is 0 Å². The minimum atomic E-state index is -1.42. The SMILES string of the molecule is CC(=O)Nc1ccc(-c2ccc(C(C)(F)CNSC(C)C)cc2)cc1C. The zero-order chi connectivity index (χ0) is 19.3. The van der Waals surface area contributed by atoms with Crippen LogP contribution in [-0.4, -0.2) is 17.7 Å². The highest BCUT2D eigenvalue weighted by Gasteiger charge is 2.25. The molecule has 3 nitrogen and oxygen atoms in total. The lowest BCUT2D eigenvalue weighted by Crippen LogP contribution is -2.29. The first-order valence-corrected chi connectivity index (χ1v) is 9.63. The number of carbonyl (C=O) groups is 1. The van der Waals surface area contributed by atoms with Crippen LogP contribution in [0, 0.1) is 6.92 Å². The van der Waals surface area contributed by atoms with Crippen molar-refractivity contribution in [2.45, 2.75) is 45.5 Å². The van der Waals surface area contributed by atoms with E-state index < -0.39 is 5.67 Å². The molecule has 0 aromatic heterocycles. The van der Waals surface area contributed by atoms with Gasteiger partial charge >= 0.3 is 0 Å². The number of benzene rings is 2. The Bertz CT molecular complexity index is 757. The summed E-state index contributed by atoms with van der Waals surface area (Å²) >= 11 is 1.54. The van der Waals surface area contributed by atoms with Crippen LogP contribution >= 0.6 is 11.9 Å². The van der Waals surface area contributed by atoms with E-state index in [1.807, 2.05) is 49.4 Å². The smallest absolute Gasteiger partial charge is 0.221 e. The summed E-state index contributed by atoms with van der Waals surface area (Å²) in [7, 11) is 0. The molecule has 0 bridgehead atoms. The van der Waals surface area contributed by atoms with E-state index in [1.54, 1.807) is 6.92 Å². The molecule has 1 amide bonds. The number of halogens is 1. The van der Waals surface area contributed by atoms with Crippen LogP contribution in [0.25, 0.3) is 11.1 Å². The average Bonchev–Trinajstić information content (AvgIpc) is 2.56. The number of hydrogen-bond acceptors (Lipinski definition) is 3. The van der Waals surface area contributed by atoms with Crippen LogP contribution in [0.2, 0.25) is 0 Å². The third-order valence-corrected chi connectivity index (χ3v) is 4.86. The van der Waals surface area contributed by atoms with Crippen molar-refractivity contribution in [3.63, 3.8) is 0 Å². The maximum atomic E-state index is 14.9. The van der Waals surface area contributed by atoms with Crippen LogP contribution in [-0.2, 0) is 10.5 Å². The summed E-state index contributed by atoms with van der Waals surface area (Å²) in [6.07, 6.45) is 0. The van der Waals surface area contributed by atoms with Gasteiger partial charge in [-0.1, -0.05) is 56.1 Å². The maximum absolute atomic E-state index is 14.9. The zero-order valence-electron chi connectivity index (χ0n) is 16.0. The van der Waals surface area contributed by atoms with Gasteiger partial charge in [0.05, 0.1) is 0 Å². The zero-order valence-corrected chi connectivity index (χ0v) is 16.8. The molecule has 2 N–H and O–H groups in total. The molecule has 2 aromatic carbocycles. The van der Waals surface area contributed by atoms with Gasteiger partial charge in [-0.2, -0.15) is 0 Å². The van der Waals surface area contributed by atoms with Crippen molar-refractivity contribution in [3.05, 3.63) is 53.6 Å². The lowest BCUT2D eigenvalue weighted by Gasteiger charge is -2.22. The third kappa shape index (κ3) is 5.58. The van der Waals surface area contributed by atoms with Crippen molar-refractivity contribution in [3.8, 4) is 11.1 Å². The van der Waals surface area contributed by atoms with Crippen LogP contribution in [0.5, 0.6) is 0 Å². The highest BCUT2D eigenvalue weighted by molar-refractivity contribution is 7.97. The average molecular weight is 375 g/mol. The Hall–Kier alpha value is -1.85. The van der Waals surface area contributed by atoms with Gasteiger partial charge in [0.1, 0.15) is 5.67 Å². The summed E-state index contributed by atoms with van der Waals surface area (Å²) < 4.78 is 18.0. The molecule has 0 saturated carbocycles. The van der Waals surface area contributed by atoms with Crippen molar-refractivity contribution < 1.29 is 9.18 Å². The Balaban J connectivity index is 2.13. The summed E-state index contributed by atoms with van der Waals surface area (Å²) in [5, 5.41) is 3.22. The second kappa shape index (κ2) is 8.69. The van der Waals surface area contributed by atoms with Crippen molar-refractivity contribution >= 4 is 23.5 Å². The van der Waals surface area contributed by atoms with Crippen molar-refractivity contribution in [2.75, 3.05) is 11.9 Å². The largest absolute Gasteiger partial charge is 0.326 e. The molecule has 2 aromatic rings. The monoisotopic (exact) mass is 374 g/mol. The fourth-order valence-electron chi connectivity index (χ4n) is 2.63. The van der Waals surface area contributed by atoms with Crippen LogP contribution in [0.1, 0.15) is 38.8 Å². The van der Waals surface area contributed by atoms with Gasteiger partial charge in [0.25, 0.3) is 0 Å². The standard InChI is InChI=1S/C21H27FN2OS/c1-14(2)26-23-13-21(5,22)19-9-6-17(7-10-19)18-8-11-20(15(3)12-18)24-16(4)25/h6-12,14,23H,13H2,1-5H3,(H,24,25). The number of anilines is 1. The second-order valence-electron chi connectivity index (χ2n) is 6.97. The van der Waals surface area contributed by atoms with E-state index in [0.717, 1.165) is 22.4 Å². The first kappa shape index (κ1) is 20.5. The van der Waals surface area contributed by atoms with Crippen molar-refractivity contribution in [2.24, 2.45) is 0 Å². The fraction of sp³-hybridized carbons (Fsp3) is 0.381. The van der Waals surface area contributed by atoms with Gasteiger partial charge in [-0.25, -0.2) is 4.39 Å². The topological polar surface area (TPSA) is 41.1 Å². The number of rotatable bonds is 7. The first-order chi connectivity index (χ1) is 12.2. The number of aryl methyl sites for hydroxylation is 1. The summed E-state index contributed by atoms with van der Waals surface area (Å²) in [5.74, 6) is -0.0864. The first-order valence-electron chi connectivity index (χ1n) is 8.75. The number of hydrogen-bond donors (Lipinski definition) is 2. The van der Waals surface area contributed by atoms with E-state index in [1.165, 1.54) is 18.9 Å². The summed E-state index contributed by atoms with van der Waals surface area (Å²) in [5.41, 5.74) is 3.09. The van der Waals surface area contributed by atoms with Crippen LogP contribution in [0.3, 0.4) is 0 Å². The van der Waals surface area contributed by atoms with Crippen molar-refractivity contribution in [1.29, 1.82) is 0 Å². The molecule has 26 heavy (non-hydrogen) atoms. The molecule has 0 aliphatic rings. The van der Waals surface area contributed by atoms with E-state index in [0.29, 0.717) is 10.8 Å². The number of amides is 1. The normalized spacial score (nSPS) is 13.5. The molecule has 0 aliphatic carbocycles. The number of alkyl halides is 1. The molecule has 2 rings (SSSR count). The quantitative estimate of drug-likeness (QED) is 0.633. The molecule has 0 spiro atoms. The molecule has 1 atom stereocenters. The molecule has 140 valence electrons. The number of carbonyl (C=O) groups excluding carboxylic acids is 1. The van der Waals surface area contributed by atoms with E-state index in [4.69, 9.17) is 0 Å². The lowest BCUT2D eigenvalue weighted by molar-refractivity contribution is -0.114. The maximum Gasteiger partial charge on any atom is 0.221 e. The highest BCUT2D eigenvalue weighted by Crippen LogP contribution is 2.30. The Labute approximate surface area is 159 Å². The molecule has 5 heteroatoms. The Kier molecular flexibility index (Phi) is 6.84. The van der Waals surface area contributed by atoms with Gasteiger partial charge in [-0.3, -0.25) is 9.52 Å². The Morgan fingerprint density at radius 1 is 1.15 bits per heavy atom. The molecular weight excluding hydrogens is 347 g/mol. The molecule has 0 saturated heterocycles. The fourth-order valence-corrected chi connectivity index (χ4v) is 3.32. The van der Waals surface area contributed by atoms with Crippen LogP contribution in [0.4, 0.5) is 10.1 Å². The molecule has 0 radical (unpaired) electrons. The predicted octanol–water partition coefficient (Wildman–Crippen LogP) is 5.45. The van der Waals surface area contributed by atoms with Gasteiger partial charge in [-0.05, 0) is 48.2 Å². The van der Waals surface area contributed by atoms with Crippen LogP contribution < -0.4 is 10.0 Å². The lowest BCUT2D eigenvalue weighted by atomic mass is 9.95. The van der Waals surface area contributed by atoms with Gasteiger partial charge in [0.2, 0.25) is 5.91 Å². The molecule has 1 unspecified atom stereocenters. The van der Waals surface area contributed by atoms with Gasteiger partial charge in [0.15, 0.2) is 0 Å². The molecular formula is C21H27FN2OS.